The van der Waals surface area contributed by atoms with Gasteiger partial charge in [-0.25, -0.2) is 0 Å². The van der Waals surface area contributed by atoms with Crippen molar-refractivity contribution in [1.82, 2.24) is 10.3 Å². The van der Waals surface area contributed by atoms with E-state index in [1.54, 1.807) is 30.6 Å². The predicted molar refractivity (Wildman–Crippen MR) is 143 cm³/mol. The lowest BCUT2D eigenvalue weighted by atomic mass is 9.46. The molecule has 3 saturated carbocycles. The van der Waals surface area contributed by atoms with Gasteiger partial charge >= 0.3 is 5.97 Å². The second kappa shape index (κ2) is 10.7. The van der Waals surface area contributed by atoms with E-state index in [0.29, 0.717) is 25.8 Å². The third-order valence-corrected chi connectivity index (χ3v) is 10.4. The topological polar surface area (TPSA) is 140 Å². The fourth-order valence-corrected chi connectivity index (χ4v) is 8.19. The SMILES string of the molecule is C[C@]12CCC(=O)C=C1CC[C@H]1[C@H]2C(=O)C[C@@]2(C)[C@H]1CC[C@]2(O)C(=O)COC(=O)CCC(=O)NCc1ccncc1. The standard InChI is InChI=1S/C31H38N2O7/c1-29-11-7-21(34)15-20(29)3-4-22-23-8-12-31(39,30(23,2)16-24(35)28(22)29)25(36)18-40-27(38)6-5-26(37)33-17-19-9-13-32-14-10-19/h9-10,13-15,22-23,28,39H,3-8,11-12,16-18H2,1-2H3,(H,33,37)/t22-,23+,28+,29+,30+,31+/m1/s1. The summed E-state index contributed by atoms with van der Waals surface area (Å²) in [4.78, 5) is 67.5. The van der Waals surface area contributed by atoms with E-state index in [1.165, 1.54) is 0 Å². The van der Waals surface area contributed by atoms with Crippen molar-refractivity contribution in [1.29, 1.82) is 0 Å². The van der Waals surface area contributed by atoms with Gasteiger partial charge in [-0.15, -0.1) is 0 Å². The van der Waals surface area contributed by atoms with Gasteiger partial charge in [-0.1, -0.05) is 19.4 Å². The first-order chi connectivity index (χ1) is 19.0. The first-order valence-corrected chi connectivity index (χ1v) is 14.3. The Bertz CT molecular complexity index is 1260. The Morgan fingerprint density at radius 1 is 1.07 bits per heavy atom. The van der Waals surface area contributed by atoms with E-state index in [2.05, 4.69) is 17.2 Å². The Labute approximate surface area is 234 Å². The fraction of sp³-hybridized carbons (Fsp3) is 0.613. The minimum Gasteiger partial charge on any atom is -0.458 e. The van der Waals surface area contributed by atoms with E-state index >= 15 is 0 Å². The zero-order valence-electron chi connectivity index (χ0n) is 23.2. The van der Waals surface area contributed by atoms with Gasteiger partial charge in [-0.3, -0.25) is 29.0 Å². The van der Waals surface area contributed by atoms with Crippen LogP contribution in [0, 0.1) is 28.6 Å². The summed E-state index contributed by atoms with van der Waals surface area (Å²) in [6.45, 7) is 3.67. The molecular weight excluding hydrogens is 512 g/mol. The molecule has 0 aliphatic heterocycles. The number of ether oxygens (including phenoxy) is 1. The van der Waals surface area contributed by atoms with E-state index in [1.807, 2.05) is 6.92 Å². The highest BCUT2D eigenvalue weighted by Gasteiger charge is 2.68. The monoisotopic (exact) mass is 550 g/mol. The summed E-state index contributed by atoms with van der Waals surface area (Å²) in [7, 11) is 0. The largest absolute Gasteiger partial charge is 0.458 e. The van der Waals surface area contributed by atoms with Crippen LogP contribution in [0.5, 0.6) is 0 Å². The number of pyridine rings is 1. The van der Waals surface area contributed by atoms with Gasteiger partial charge in [0.05, 0.1) is 6.42 Å². The molecule has 3 fully saturated rings. The average molecular weight is 551 g/mol. The summed E-state index contributed by atoms with van der Waals surface area (Å²) in [5.41, 5.74) is -1.10. The quantitative estimate of drug-likeness (QED) is 0.471. The number of rotatable bonds is 8. The van der Waals surface area contributed by atoms with Gasteiger partial charge in [-0.05, 0) is 73.1 Å². The molecule has 0 saturated heterocycles. The lowest BCUT2D eigenvalue weighted by Crippen LogP contribution is -2.61. The van der Waals surface area contributed by atoms with Gasteiger partial charge < -0.3 is 15.2 Å². The summed E-state index contributed by atoms with van der Waals surface area (Å²) < 4.78 is 5.19. The number of hydrogen-bond acceptors (Lipinski definition) is 8. The van der Waals surface area contributed by atoms with Crippen molar-refractivity contribution in [2.45, 2.75) is 83.8 Å². The number of ketones is 3. The number of allylic oxidation sites excluding steroid dienone is 1. The molecule has 0 bridgehead atoms. The Balaban J connectivity index is 1.18. The summed E-state index contributed by atoms with van der Waals surface area (Å²) in [6, 6.07) is 3.56. The molecule has 0 aromatic carbocycles. The number of carbonyl (C=O) groups is 5. The molecule has 9 heteroatoms. The Kier molecular flexibility index (Phi) is 7.54. The third kappa shape index (κ3) is 4.82. The maximum absolute atomic E-state index is 13.7. The molecule has 5 rings (SSSR count). The number of aliphatic hydroxyl groups is 1. The number of hydrogen-bond donors (Lipinski definition) is 2. The van der Waals surface area contributed by atoms with Crippen LogP contribution in [0.2, 0.25) is 0 Å². The molecular formula is C31H38N2O7. The van der Waals surface area contributed by atoms with Crippen LogP contribution in [0.4, 0.5) is 0 Å². The average Bonchev–Trinajstić information content (AvgIpc) is 3.20. The smallest absolute Gasteiger partial charge is 0.306 e. The molecule has 0 spiro atoms. The van der Waals surface area contributed by atoms with Crippen LogP contribution in [0.15, 0.2) is 36.2 Å². The number of fused-ring (bicyclic) bond motifs is 5. The normalized spacial score (nSPS) is 34.7. The number of nitrogens with one attached hydrogen (secondary N) is 1. The molecule has 4 aliphatic rings. The van der Waals surface area contributed by atoms with Crippen molar-refractivity contribution in [3.05, 3.63) is 41.7 Å². The molecule has 9 nitrogen and oxygen atoms in total. The van der Waals surface area contributed by atoms with Crippen molar-refractivity contribution < 1.29 is 33.8 Å². The van der Waals surface area contributed by atoms with Crippen LogP contribution < -0.4 is 5.32 Å². The first-order valence-electron chi connectivity index (χ1n) is 14.3. The zero-order valence-corrected chi connectivity index (χ0v) is 23.2. The molecule has 40 heavy (non-hydrogen) atoms. The van der Waals surface area contributed by atoms with Crippen molar-refractivity contribution in [2.24, 2.45) is 28.6 Å². The van der Waals surface area contributed by atoms with Gasteiger partial charge in [0.15, 0.2) is 12.4 Å². The molecule has 2 N–H and O–H groups in total. The van der Waals surface area contributed by atoms with Crippen molar-refractivity contribution in [3.63, 3.8) is 0 Å². The number of carbonyl (C=O) groups excluding carboxylic acids is 5. The van der Waals surface area contributed by atoms with Crippen molar-refractivity contribution in [2.75, 3.05) is 6.61 Å². The molecule has 1 aromatic rings. The summed E-state index contributed by atoms with van der Waals surface area (Å²) in [6.07, 6.45) is 8.26. The van der Waals surface area contributed by atoms with Gasteiger partial charge in [0.25, 0.3) is 0 Å². The number of esters is 1. The van der Waals surface area contributed by atoms with E-state index in [4.69, 9.17) is 4.74 Å². The van der Waals surface area contributed by atoms with E-state index in [-0.39, 0.29) is 66.3 Å². The Hall–Kier alpha value is -3.20. The van der Waals surface area contributed by atoms with Gasteiger partial charge in [0.2, 0.25) is 11.7 Å². The van der Waals surface area contributed by atoms with Crippen LogP contribution in [0.25, 0.3) is 0 Å². The maximum Gasteiger partial charge on any atom is 0.306 e. The van der Waals surface area contributed by atoms with E-state index < -0.39 is 29.4 Å². The fourth-order valence-electron chi connectivity index (χ4n) is 8.19. The molecule has 6 atom stereocenters. The van der Waals surface area contributed by atoms with Gasteiger partial charge in [0, 0.05) is 49.5 Å². The molecule has 214 valence electrons. The molecule has 0 unspecified atom stereocenters. The van der Waals surface area contributed by atoms with Crippen LogP contribution in [0.3, 0.4) is 0 Å². The third-order valence-electron chi connectivity index (χ3n) is 10.4. The van der Waals surface area contributed by atoms with Crippen LogP contribution in [-0.2, 0) is 35.3 Å². The zero-order chi connectivity index (χ0) is 28.7. The minimum absolute atomic E-state index is 0.0139. The highest BCUT2D eigenvalue weighted by Crippen LogP contribution is 2.66. The van der Waals surface area contributed by atoms with Crippen LogP contribution >= 0.6 is 0 Å². The Morgan fingerprint density at radius 3 is 2.58 bits per heavy atom. The highest BCUT2D eigenvalue weighted by molar-refractivity contribution is 5.95. The number of amides is 1. The van der Waals surface area contributed by atoms with Crippen molar-refractivity contribution >= 4 is 29.2 Å². The number of nitrogens with zero attached hydrogens (tertiary/aromatic N) is 1. The summed E-state index contributed by atoms with van der Waals surface area (Å²) in [5, 5.41) is 14.5. The lowest BCUT2D eigenvalue weighted by molar-refractivity contribution is -0.173. The number of aromatic nitrogens is 1. The maximum atomic E-state index is 13.7. The Morgan fingerprint density at radius 2 is 1.82 bits per heavy atom. The summed E-state index contributed by atoms with van der Waals surface area (Å²) in [5.74, 6) is -1.61. The molecule has 1 heterocycles. The van der Waals surface area contributed by atoms with E-state index in [0.717, 1.165) is 24.0 Å². The predicted octanol–water partition coefficient (Wildman–Crippen LogP) is 3.03. The van der Waals surface area contributed by atoms with Gasteiger partial charge in [0.1, 0.15) is 11.4 Å². The van der Waals surface area contributed by atoms with Gasteiger partial charge in [-0.2, -0.15) is 0 Å². The molecule has 0 radical (unpaired) electrons. The van der Waals surface area contributed by atoms with E-state index in [9.17, 15) is 29.1 Å². The van der Waals surface area contributed by atoms with Crippen molar-refractivity contribution in [3.8, 4) is 0 Å². The molecule has 4 aliphatic carbocycles. The molecule has 1 amide bonds. The number of Topliss-reactive ketones (excluding diaryl/α,β-unsaturated/α-hetero) is 2. The summed E-state index contributed by atoms with van der Waals surface area (Å²) >= 11 is 0. The second-order valence-electron chi connectivity index (χ2n) is 12.5. The highest BCUT2D eigenvalue weighted by atomic mass is 16.5. The first kappa shape index (κ1) is 28.3. The molecule has 1 aromatic heterocycles. The van der Waals surface area contributed by atoms with Crippen LogP contribution in [-0.4, -0.2) is 51.5 Å². The minimum atomic E-state index is -1.76. The second-order valence-corrected chi connectivity index (χ2v) is 12.5. The lowest BCUT2D eigenvalue weighted by Gasteiger charge is -2.57. The van der Waals surface area contributed by atoms with Crippen LogP contribution in [0.1, 0.15) is 77.2 Å².